The van der Waals surface area contributed by atoms with E-state index in [0.29, 0.717) is 23.7 Å². The standard InChI is InChI=1S/C30H37FN4O5S.ClH/c1-3-4-17-35(29-14-9-25(36)20-28(29)31)30(37)32-23-15-18-34(19-16-23)21-22-5-10-26(11-6-22)40-27-12-7-24(8-13-27)33-41(2,38)39;/h5-14,20,23,33,36H,3-4,15-19,21H2,1-2H3,(H,32,37);1H. The van der Waals surface area contributed by atoms with Gasteiger partial charge in [-0.15, -0.1) is 12.4 Å². The van der Waals surface area contributed by atoms with Crippen molar-refractivity contribution < 1.29 is 27.4 Å². The molecule has 0 spiro atoms. The Morgan fingerprint density at radius 1 is 1.05 bits per heavy atom. The molecule has 1 aliphatic heterocycles. The first-order valence-electron chi connectivity index (χ1n) is 13.7. The third kappa shape index (κ3) is 9.78. The maximum absolute atomic E-state index is 14.5. The lowest BCUT2D eigenvalue weighted by molar-refractivity contribution is 0.188. The summed E-state index contributed by atoms with van der Waals surface area (Å²) in [6, 6.07) is 18.1. The number of sulfonamides is 1. The van der Waals surface area contributed by atoms with Gasteiger partial charge in [-0.2, -0.15) is 0 Å². The summed E-state index contributed by atoms with van der Waals surface area (Å²) in [7, 11) is -3.33. The van der Waals surface area contributed by atoms with Crippen LogP contribution in [0.25, 0.3) is 0 Å². The van der Waals surface area contributed by atoms with E-state index in [0.717, 1.165) is 63.2 Å². The van der Waals surface area contributed by atoms with Crippen molar-refractivity contribution in [3.8, 4) is 17.2 Å². The molecule has 3 aromatic rings. The Bertz CT molecular complexity index is 1420. The van der Waals surface area contributed by atoms with Crippen molar-refractivity contribution >= 4 is 39.8 Å². The number of aromatic hydroxyl groups is 1. The first-order valence-corrected chi connectivity index (χ1v) is 15.6. The Hall–Kier alpha value is -3.54. The molecule has 0 aliphatic carbocycles. The van der Waals surface area contributed by atoms with Gasteiger partial charge in [0, 0.05) is 44.0 Å². The first-order chi connectivity index (χ1) is 19.6. The van der Waals surface area contributed by atoms with Gasteiger partial charge in [0.1, 0.15) is 17.2 Å². The number of ether oxygens (including phenoxy) is 1. The quantitative estimate of drug-likeness (QED) is 0.239. The zero-order valence-corrected chi connectivity index (χ0v) is 25.4. The van der Waals surface area contributed by atoms with Crippen LogP contribution in [0.3, 0.4) is 0 Å². The molecular weight excluding hydrogens is 583 g/mol. The van der Waals surface area contributed by atoms with Crippen LogP contribution in [0.1, 0.15) is 38.2 Å². The molecule has 1 heterocycles. The number of phenols is 1. The highest BCUT2D eigenvalue weighted by Gasteiger charge is 2.25. The van der Waals surface area contributed by atoms with Crippen molar-refractivity contribution in [2.75, 3.05) is 35.5 Å². The van der Waals surface area contributed by atoms with Crippen LogP contribution in [0.15, 0.2) is 66.7 Å². The molecule has 0 radical (unpaired) electrons. The van der Waals surface area contributed by atoms with Crippen molar-refractivity contribution in [1.82, 2.24) is 10.2 Å². The van der Waals surface area contributed by atoms with Crippen molar-refractivity contribution in [3.05, 3.63) is 78.1 Å². The van der Waals surface area contributed by atoms with E-state index in [9.17, 15) is 22.7 Å². The van der Waals surface area contributed by atoms with E-state index in [1.54, 1.807) is 24.3 Å². The summed E-state index contributed by atoms with van der Waals surface area (Å²) < 4.78 is 45.5. The van der Waals surface area contributed by atoms with Gasteiger partial charge in [-0.05, 0) is 73.4 Å². The molecule has 3 N–H and O–H groups in total. The van der Waals surface area contributed by atoms with Crippen molar-refractivity contribution in [2.24, 2.45) is 0 Å². The van der Waals surface area contributed by atoms with Crippen LogP contribution >= 0.6 is 12.4 Å². The zero-order chi connectivity index (χ0) is 29.4. The SMILES string of the molecule is CCCCN(C(=O)NC1CCN(Cc2ccc(Oc3ccc(NS(C)(=O)=O)cc3)cc2)CC1)c1ccc(O)cc1F.Cl. The highest BCUT2D eigenvalue weighted by atomic mass is 35.5. The van der Waals surface area contributed by atoms with Gasteiger partial charge in [0.2, 0.25) is 10.0 Å². The lowest BCUT2D eigenvalue weighted by Crippen LogP contribution is -2.49. The van der Waals surface area contributed by atoms with E-state index >= 15 is 0 Å². The average molecular weight is 621 g/mol. The van der Waals surface area contributed by atoms with Crippen molar-refractivity contribution in [2.45, 2.75) is 45.2 Å². The predicted molar refractivity (Wildman–Crippen MR) is 166 cm³/mol. The van der Waals surface area contributed by atoms with Crippen molar-refractivity contribution in [1.29, 1.82) is 0 Å². The monoisotopic (exact) mass is 620 g/mol. The lowest BCUT2D eigenvalue weighted by atomic mass is 10.0. The molecule has 228 valence electrons. The van der Waals surface area contributed by atoms with E-state index in [2.05, 4.69) is 14.9 Å². The molecule has 0 bridgehead atoms. The number of amides is 2. The van der Waals surface area contributed by atoms with Crippen LogP contribution in [0.5, 0.6) is 17.2 Å². The van der Waals surface area contributed by atoms with Crippen LogP contribution in [-0.4, -0.2) is 56.4 Å². The number of rotatable bonds is 11. The van der Waals surface area contributed by atoms with Crippen LogP contribution in [0.4, 0.5) is 20.6 Å². The summed E-state index contributed by atoms with van der Waals surface area (Å²) in [4.78, 5) is 16.9. The van der Waals surface area contributed by atoms with Gasteiger partial charge >= 0.3 is 6.03 Å². The molecule has 4 rings (SSSR count). The second-order valence-electron chi connectivity index (χ2n) is 10.3. The van der Waals surface area contributed by atoms with E-state index in [4.69, 9.17) is 4.74 Å². The molecule has 2 amide bonds. The molecule has 42 heavy (non-hydrogen) atoms. The number of nitrogens with one attached hydrogen (secondary N) is 2. The third-order valence-corrected chi connectivity index (χ3v) is 7.45. The minimum atomic E-state index is -3.33. The first kappa shape index (κ1) is 33.0. The molecule has 0 unspecified atom stereocenters. The van der Waals surface area contributed by atoms with Gasteiger partial charge in [0.15, 0.2) is 5.82 Å². The number of phenolic OH excluding ortho intramolecular Hbond substituents is 1. The molecule has 9 nitrogen and oxygen atoms in total. The highest BCUT2D eigenvalue weighted by molar-refractivity contribution is 7.92. The number of benzene rings is 3. The largest absolute Gasteiger partial charge is 0.508 e. The number of hydrogen-bond donors (Lipinski definition) is 3. The summed E-state index contributed by atoms with van der Waals surface area (Å²) in [6.07, 6.45) is 4.29. The minimum Gasteiger partial charge on any atom is -0.508 e. The fraction of sp³-hybridized carbons (Fsp3) is 0.367. The van der Waals surface area contributed by atoms with Gasteiger partial charge < -0.3 is 15.2 Å². The number of carbonyl (C=O) groups excluding carboxylic acids is 1. The van der Waals surface area contributed by atoms with Crippen LogP contribution in [0, 0.1) is 5.82 Å². The normalized spacial score (nSPS) is 14.1. The molecule has 3 aromatic carbocycles. The van der Waals surface area contributed by atoms with Gasteiger partial charge in [-0.3, -0.25) is 14.5 Å². The minimum absolute atomic E-state index is 0. The second-order valence-corrected chi connectivity index (χ2v) is 12.0. The smallest absolute Gasteiger partial charge is 0.322 e. The van der Waals surface area contributed by atoms with E-state index < -0.39 is 15.8 Å². The maximum atomic E-state index is 14.5. The summed E-state index contributed by atoms with van der Waals surface area (Å²) in [5, 5.41) is 12.6. The van der Waals surface area contributed by atoms with Crippen molar-refractivity contribution in [3.63, 3.8) is 0 Å². The number of urea groups is 1. The topological polar surface area (TPSA) is 111 Å². The zero-order valence-electron chi connectivity index (χ0n) is 23.8. The number of unbranched alkanes of at least 4 members (excludes halogenated alkanes) is 1. The van der Waals surface area contributed by atoms with E-state index in [1.807, 2.05) is 31.2 Å². The Kier molecular flexibility index (Phi) is 11.8. The molecule has 12 heteroatoms. The second kappa shape index (κ2) is 15.1. The number of halogens is 2. The number of piperidine rings is 1. The third-order valence-electron chi connectivity index (χ3n) is 6.84. The average Bonchev–Trinajstić information content (AvgIpc) is 2.92. The lowest BCUT2D eigenvalue weighted by Gasteiger charge is -2.34. The summed E-state index contributed by atoms with van der Waals surface area (Å²) in [5.41, 5.74) is 1.78. The maximum Gasteiger partial charge on any atom is 0.322 e. The molecule has 1 fully saturated rings. The fourth-order valence-corrected chi connectivity index (χ4v) is 5.28. The number of carbonyl (C=O) groups is 1. The Morgan fingerprint density at radius 3 is 2.24 bits per heavy atom. The Morgan fingerprint density at radius 2 is 1.67 bits per heavy atom. The fourth-order valence-electron chi connectivity index (χ4n) is 4.71. The number of nitrogens with zero attached hydrogens (tertiary/aromatic N) is 2. The van der Waals surface area contributed by atoms with Gasteiger partial charge in [0.05, 0.1) is 11.9 Å². The Labute approximate surface area is 253 Å². The van der Waals surface area contributed by atoms with Crippen LogP contribution in [0.2, 0.25) is 0 Å². The summed E-state index contributed by atoms with van der Waals surface area (Å²) >= 11 is 0. The molecule has 1 aliphatic rings. The number of likely N-dealkylation sites (tertiary alicyclic amines) is 1. The number of hydrogen-bond acceptors (Lipinski definition) is 6. The van der Waals surface area contributed by atoms with Gasteiger partial charge in [-0.1, -0.05) is 25.5 Å². The highest BCUT2D eigenvalue weighted by Crippen LogP contribution is 2.26. The molecule has 0 atom stereocenters. The van der Waals surface area contributed by atoms with E-state index in [-0.39, 0.29) is 35.9 Å². The van der Waals surface area contributed by atoms with E-state index in [1.165, 1.54) is 17.0 Å². The van der Waals surface area contributed by atoms with Gasteiger partial charge in [0.25, 0.3) is 0 Å². The van der Waals surface area contributed by atoms with Crippen LogP contribution < -0.4 is 19.7 Å². The Balaban J connectivity index is 0.00000484. The summed E-state index contributed by atoms with van der Waals surface area (Å²) in [6.45, 7) is 4.82. The molecule has 0 aromatic heterocycles. The van der Waals surface area contributed by atoms with Gasteiger partial charge in [-0.25, -0.2) is 17.6 Å². The predicted octanol–water partition coefficient (Wildman–Crippen LogP) is 6.10. The van der Waals surface area contributed by atoms with Crippen LogP contribution in [-0.2, 0) is 16.6 Å². The molecule has 0 saturated carbocycles. The molecular formula is C30H38ClFN4O5S. The summed E-state index contributed by atoms with van der Waals surface area (Å²) in [5.74, 6) is 0.481. The number of anilines is 2. The molecule has 1 saturated heterocycles.